The molecule has 6 aromatic carbocycles. The standard InChI is InChI=1S/C56H40N8O8/c1-5-15-49-41(11-1)59-53(69-49)45-31-39(32-46(57-45)54-60-42-12-2-6-16-50(42)70-54)67-29-9-27-65-37-23-19-35(20-24-37)63-64-36-21-25-38(26-22-36)66-28-10-30-68-40-33-47(55-61-43-13-3-7-17-51(43)71-55)58-48(34-40)56-62-44-14-4-8-18-52(44)72-56/h1-8,11-26,31-34H,9-10,27-30H2. The van der Waals surface area contributed by atoms with Crippen LogP contribution in [0.1, 0.15) is 12.8 Å². The van der Waals surface area contributed by atoms with Crippen molar-refractivity contribution in [1.29, 1.82) is 0 Å². The summed E-state index contributed by atoms with van der Waals surface area (Å²) in [5.41, 5.74) is 8.95. The van der Waals surface area contributed by atoms with Crippen molar-refractivity contribution < 1.29 is 36.6 Å². The van der Waals surface area contributed by atoms with Crippen molar-refractivity contribution in [3.63, 3.8) is 0 Å². The lowest BCUT2D eigenvalue weighted by Gasteiger charge is -2.10. The molecule has 352 valence electrons. The normalized spacial score (nSPS) is 11.6. The van der Waals surface area contributed by atoms with Gasteiger partial charge < -0.3 is 36.6 Å². The smallest absolute Gasteiger partial charge is 0.246 e. The molecule has 0 radical (unpaired) electrons. The molecule has 0 fully saturated rings. The second-order valence-corrected chi connectivity index (χ2v) is 16.4. The maximum atomic E-state index is 6.20. The molecule has 0 unspecified atom stereocenters. The van der Waals surface area contributed by atoms with Gasteiger partial charge in [-0.25, -0.2) is 29.9 Å². The highest BCUT2D eigenvalue weighted by Crippen LogP contribution is 2.34. The highest BCUT2D eigenvalue weighted by Gasteiger charge is 2.19. The van der Waals surface area contributed by atoms with Crippen LogP contribution in [0.2, 0.25) is 0 Å². The zero-order valence-electron chi connectivity index (χ0n) is 38.3. The van der Waals surface area contributed by atoms with Crippen LogP contribution < -0.4 is 18.9 Å². The molecule has 0 N–H and O–H groups in total. The number of fused-ring (bicyclic) bond motifs is 4. The Morgan fingerprint density at radius 3 is 0.875 bits per heavy atom. The minimum atomic E-state index is 0.369. The van der Waals surface area contributed by atoms with Gasteiger partial charge in [0.1, 0.15) is 67.8 Å². The summed E-state index contributed by atoms with van der Waals surface area (Å²) in [6.45, 7) is 1.63. The lowest BCUT2D eigenvalue weighted by atomic mass is 10.2. The van der Waals surface area contributed by atoms with Gasteiger partial charge in [0.05, 0.1) is 37.8 Å². The summed E-state index contributed by atoms with van der Waals surface area (Å²) >= 11 is 0. The third kappa shape index (κ3) is 9.77. The molecule has 6 aromatic heterocycles. The predicted octanol–water partition coefficient (Wildman–Crippen LogP) is 13.8. The molecule has 12 rings (SSSR count). The molecule has 0 bridgehead atoms. The van der Waals surface area contributed by atoms with Crippen LogP contribution in [0.4, 0.5) is 11.4 Å². The first-order chi connectivity index (χ1) is 35.6. The summed E-state index contributed by atoms with van der Waals surface area (Å²) in [7, 11) is 0. The van der Waals surface area contributed by atoms with Gasteiger partial charge in [-0.15, -0.1) is 0 Å². The van der Waals surface area contributed by atoms with E-state index in [0.29, 0.717) is 142 Å². The Morgan fingerprint density at radius 1 is 0.306 bits per heavy atom. The maximum Gasteiger partial charge on any atom is 0.246 e. The zero-order valence-corrected chi connectivity index (χ0v) is 38.3. The monoisotopic (exact) mass is 952 g/mol. The largest absolute Gasteiger partial charge is 0.493 e. The number of hydrogen-bond acceptors (Lipinski definition) is 16. The van der Waals surface area contributed by atoms with Crippen LogP contribution in [0.3, 0.4) is 0 Å². The second kappa shape index (κ2) is 19.7. The van der Waals surface area contributed by atoms with Gasteiger partial charge in [-0.2, -0.15) is 10.2 Å². The first-order valence-corrected chi connectivity index (χ1v) is 23.2. The lowest BCUT2D eigenvalue weighted by Crippen LogP contribution is -2.05. The Kier molecular flexibility index (Phi) is 11.9. The van der Waals surface area contributed by atoms with Crippen molar-refractivity contribution in [2.24, 2.45) is 10.2 Å². The Hall–Kier alpha value is -9.70. The van der Waals surface area contributed by atoms with E-state index in [1.54, 1.807) is 24.3 Å². The highest BCUT2D eigenvalue weighted by molar-refractivity contribution is 5.79. The molecular formula is C56H40N8O8. The molecule has 0 amide bonds. The van der Waals surface area contributed by atoms with Crippen molar-refractivity contribution in [2.75, 3.05) is 26.4 Å². The van der Waals surface area contributed by atoms with Crippen molar-refractivity contribution >= 4 is 55.8 Å². The predicted molar refractivity (Wildman–Crippen MR) is 269 cm³/mol. The molecular weight excluding hydrogens is 913 g/mol. The van der Waals surface area contributed by atoms with E-state index in [1.165, 1.54) is 0 Å². The number of oxazole rings is 4. The molecule has 0 aliphatic rings. The number of rotatable bonds is 18. The fraction of sp³-hybridized carbons (Fsp3) is 0.107. The van der Waals surface area contributed by atoms with Gasteiger partial charge in [-0.1, -0.05) is 48.5 Å². The summed E-state index contributed by atoms with van der Waals surface area (Å²) < 4.78 is 48.5. The van der Waals surface area contributed by atoms with Gasteiger partial charge >= 0.3 is 0 Å². The second-order valence-electron chi connectivity index (χ2n) is 16.4. The van der Waals surface area contributed by atoms with E-state index in [1.807, 2.05) is 146 Å². The summed E-state index contributed by atoms with van der Waals surface area (Å²) in [5, 5.41) is 8.80. The molecule has 16 heteroatoms. The summed E-state index contributed by atoms with van der Waals surface area (Å²) in [5.74, 6) is 4.03. The van der Waals surface area contributed by atoms with Crippen LogP contribution in [-0.4, -0.2) is 56.3 Å². The molecule has 0 atom stereocenters. The highest BCUT2D eigenvalue weighted by atomic mass is 16.5. The van der Waals surface area contributed by atoms with Crippen LogP contribution in [-0.2, 0) is 0 Å². The van der Waals surface area contributed by atoms with Crippen LogP contribution in [0.25, 0.3) is 90.7 Å². The van der Waals surface area contributed by atoms with Crippen molar-refractivity contribution in [3.05, 3.63) is 170 Å². The van der Waals surface area contributed by atoms with Gasteiger partial charge in [0.15, 0.2) is 22.3 Å². The summed E-state index contributed by atoms with van der Waals surface area (Å²) in [6.07, 6.45) is 1.24. The maximum absolute atomic E-state index is 6.20. The van der Waals surface area contributed by atoms with E-state index in [4.69, 9.17) is 46.6 Å². The van der Waals surface area contributed by atoms with Gasteiger partial charge in [0.25, 0.3) is 0 Å². The Balaban J connectivity index is 0.612. The zero-order chi connectivity index (χ0) is 48.1. The fourth-order valence-electron chi connectivity index (χ4n) is 7.75. The Labute approximate surface area is 409 Å². The van der Waals surface area contributed by atoms with E-state index < -0.39 is 0 Å². The third-order valence-corrected chi connectivity index (χ3v) is 11.3. The van der Waals surface area contributed by atoms with Crippen molar-refractivity contribution in [2.45, 2.75) is 12.8 Å². The van der Waals surface area contributed by atoms with Gasteiger partial charge in [0, 0.05) is 37.1 Å². The SMILES string of the molecule is c1ccc2oc(-c3cc(OCCCOc4ccc(N=Nc5ccc(OCCCOc6cc(-c7nc8ccccc8o7)nc(-c7nc8ccccc8o7)c6)cc5)cc4)cc(-c4nc5ccccc5o4)n3)nc2c1. The van der Waals surface area contributed by atoms with Crippen LogP contribution in [0, 0.1) is 0 Å². The van der Waals surface area contributed by atoms with Crippen LogP contribution in [0.5, 0.6) is 23.0 Å². The number of para-hydroxylation sites is 8. The summed E-state index contributed by atoms with van der Waals surface area (Å²) in [6, 6.07) is 52.3. The summed E-state index contributed by atoms with van der Waals surface area (Å²) in [4.78, 5) is 28.1. The Morgan fingerprint density at radius 2 is 0.583 bits per heavy atom. The first-order valence-electron chi connectivity index (χ1n) is 23.2. The molecule has 0 saturated carbocycles. The number of aromatic nitrogens is 6. The molecule has 12 aromatic rings. The number of pyridine rings is 2. The number of benzene rings is 6. The number of nitrogens with zero attached hydrogens (tertiary/aromatic N) is 8. The van der Waals surface area contributed by atoms with Crippen molar-refractivity contribution in [1.82, 2.24) is 29.9 Å². The van der Waals surface area contributed by atoms with E-state index in [-0.39, 0.29) is 0 Å². The molecule has 0 aliphatic carbocycles. The average molecular weight is 953 g/mol. The number of ether oxygens (including phenoxy) is 4. The molecule has 6 heterocycles. The van der Waals surface area contributed by atoms with Crippen molar-refractivity contribution in [3.8, 4) is 69.3 Å². The topological polar surface area (TPSA) is 192 Å². The van der Waals surface area contributed by atoms with Gasteiger partial charge in [0.2, 0.25) is 23.6 Å². The lowest BCUT2D eigenvalue weighted by molar-refractivity contribution is 0.247. The van der Waals surface area contributed by atoms with Crippen LogP contribution >= 0.6 is 0 Å². The van der Waals surface area contributed by atoms with E-state index >= 15 is 0 Å². The average Bonchev–Trinajstić information content (AvgIpc) is 4.26. The van der Waals surface area contributed by atoms with E-state index in [9.17, 15) is 0 Å². The minimum Gasteiger partial charge on any atom is -0.493 e. The van der Waals surface area contributed by atoms with Crippen LogP contribution in [0.15, 0.2) is 198 Å². The first kappa shape index (κ1) is 43.6. The molecule has 0 saturated heterocycles. The molecule has 0 aliphatic heterocycles. The number of azo groups is 1. The van der Waals surface area contributed by atoms with Gasteiger partial charge in [-0.3, -0.25) is 0 Å². The minimum absolute atomic E-state index is 0.369. The fourth-order valence-corrected chi connectivity index (χ4v) is 7.75. The van der Waals surface area contributed by atoms with Gasteiger partial charge in [-0.05, 0) is 97.1 Å². The molecule has 16 nitrogen and oxygen atoms in total. The molecule has 0 spiro atoms. The number of hydrogen-bond donors (Lipinski definition) is 0. The van der Waals surface area contributed by atoms with E-state index in [2.05, 4.69) is 30.2 Å². The quantitative estimate of drug-likeness (QED) is 0.0582. The third-order valence-electron chi connectivity index (χ3n) is 11.3. The Bertz CT molecular complexity index is 3290. The molecule has 72 heavy (non-hydrogen) atoms. The van der Waals surface area contributed by atoms with E-state index in [0.717, 1.165) is 22.1 Å².